The topological polar surface area (TPSA) is 59.4 Å². The predicted octanol–water partition coefficient (Wildman–Crippen LogP) is 1.35. The molecule has 1 amide bonds. The molecule has 2 heterocycles. The number of rotatable bonds is 6. The highest BCUT2D eigenvalue weighted by molar-refractivity contribution is 9.10. The Morgan fingerprint density at radius 1 is 1.52 bits per heavy atom. The number of amides is 1. The molecule has 1 aromatic heterocycles. The second-order valence-electron chi connectivity index (χ2n) is 5.30. The maximum absolute atomic E-state index is 12.1. The van der Waals surface area contributed by atoms with Crippen LogP contribution < -0.4 is 5.32 Å². The number of carbonyl (C=O) groups is 1. The maximum Gasteiger partial charge on any atom is 0.244 e. The Morgan fingerprint density at radius 3 is 2.86 bits per heavy atom. The first-order valence-corrected chi connectivity index (χ1v) is 8.16. The summed E-state index contributed by atoms with van der Waals surface area (Å²) in [5, 5.41) is 7.21. The van der Waals surface area contributed by atoms with Gasteiger partial charge in [0.1, 0.15) is 6.04 Å². The van der Waals surface area contributed by atoms with Gasteiger partial charge in [-0.15, -0.1) is 0 Å². The van der Waals surface area contributed by atoms with Crippen LogP contribution in [0.4, 0.5) is 0 Å². The summed E-state index contributed by atoms with van der Waals surface area (Å²) in [5.41, 5.74) is 0.964. The minimum atomic E-state index is -0.292. The smallest absolute Gasteiger partial charge is 0.244 e. The lowest BCUT2D eigenvalue weighted by molar-refractivity contribution is -0.124. The number of ether oxygens (including phenoxy) is 1. The van der Waals surface area contributed by atoms with Gasteiger partial charge < -0.3 is 10.1 Å². The van der Waals surface area contributed by atoms with Crippen LogP contribution in [0.5, 0.6) is 0 Å². The van der Waals surface area contributed by atoms with Crippen LogP contribution in [-0.4, -0.2) is 60.0 Å². The lowest BCUT2D eigenvalue weighted by atomic mass is 10.3. The summed E-state index contributed by atoms with van der Waals surface area (Å²) >= 11 is 3.41. The number of nitrogens with one attached hydrogen (secondary N) is 1. The van der Waals surface area contributed by atoms with Crippen LogP contribution in [0.15, 0.2) is 10.7 Å². The van der Waals surface area contributed by atoms with Gasteiger partial charge in [0.2, 0.25) is 5.91 Å². The molecule has 0 aromatic carbocycles. The van der Waals surface area contributed by atoms with E-state index in [1.165, 1.54) is 0 Å². The molecular formula is C14H23BrN4O2. The van der Waals surface area contributed by atoms with Gasteiger partial charge in [0.15, 0.2) is 0 Å². The van der Waals surface area contributed by atoms with Crippen molar-refractivity contribution in [1.29, 1.82) is 0 Å². The molecule has 118 valence electrons. The van der Waals surface area contributed by atoms with E-state index in [1.807, 2.05) is 13.8 Å². The van der Waals surface area contributed by atoms with Crippen molar-refractivity contribution in [1.82, 2.24) is 20.0 Å². The number of carbonyl (C=O) groups excluding carboxylic acids is 1. The van der Waals surface area contributed by atoms with E-state index in [9.17, 15) is 4.79 Å². The van der Waals surface area contributed by atoms with Crippen molar-refractivity contribution in [2.45, 2.75) is 26.3 Å². The van der Waals surface area contributed by atoms with Crippen LogP contribution in [0.3, 0.4) is 0 Å². The minimum Gasteiger partial charge on any atom is -0.379 e. The zero-order valence-electron chi connectivity index (χ0n) is 12.6. The second kappa shape index (κ2) is 7.91. The first-order valence-electron chi connectivity index (χ1n) is 7.37. The summed E-state index contributed by atoms with van der Waals surface area (Å²) < 4.78 is 7.98. The van der Waals surface area contributed by atoms with E-state index in [0.29, 0.717) is 6.54 Å². The monoisotopic (exact) mass is 358 g/mol. The maximum atomic E-state index is 12.1. The molecule has 1 aromatic rings. The summed E-state index contributed by atoms with van der Waals surface area (Å²) in [7, 11) is 0. The quantitative estimate of drug-likeness (QED) is 0.780. The van der Waals surface area contributed by atoms with Gasteiger partial charge in [-0.2, -0.15) is 5.10 Å². The van der Waals surface area contributed by atoms with E-state index >= 15 is 0 Å². The van der Waals surface area contributed by atoms with Gasteiger partial charge in [-0.25, -0.2) is 0 Å². The van der Waals surface area contributed by atoms with E-state index in [-0.39, 0.29) is 11.9 Å². The number of aromatic nitrogens is 2. The first-order chi connectivity index (χ1) is 10.1. The zero-order valence-corrected chi connectivity index (χ0v) is 14.2. The normalized spacial score (nSPS) is 17.7. The lowest BCUT2D eigenvalue weighted by Crippen LogP contribution is -2.39. The molecule has 0 radical (unpaired) electrons. The Bertz CT molecular complexity index is 472. The van der Waals surface area contributed by atoms with Crippen LogP contribution in [0, 0.1) is 6.92 Å². The minimum absolute atomic E-state index is 0.00989. The van der Waals surface area contributed by atoms with E-state index in [0.717, 1.165) is 49.4 Å². The molecule has 1 unspecified atom stereocenters. The second-order valence-corrected chi connectivity index (χ2v) is 6.15. The molecule has 0 saturated carbocycles. The van der Waals surface area contributed by atoms with Gasteiger partial charge in [0.25, 0.3) is 0 Å². The van der Waals surface area contributed by atoms with Crippen molar-refractivity contribution >= 4 is 21.8 Å². The van der Waals surface area contributed by atoms with Crippen LogP contribution in [0.2, 0.25) is 0 Å². The largest absolute Gasteiger partial charge is 0.379 e. The fourth-order valence-electron chi connectivity index (χ4n) is 2.39. The summed E-state index contributed by atoms with van der Waals surface area (Å²) in [5.74, 6) is 0.00989. The Morgan fingerprint density at radius 2 is 2.24 bits per heavy atom. The van der Waals surface area contributed by atoms with Crippen LogP contribution >= 0.6 is 15.9 Å². The van der Waals surface area contributed by atoms with Crippen molar-refractivity contribution < 1.29 is 9.53 Å². The third-order valence-corrected chi connectivity index (χ3v) is 4.56. The number of halogens is 1. The standard InChI is InChI=1S/C14H23BrN4O2/c1-11-13(15)10-17-19(11)12(2)14(20)16-4-3-5-18-6-8-21-9-7-18/h10,12H,3-9H2,1-2H3,(H,16,20). The van der Waals surface area contributed by atoms with Crippen LogP contribution in [0.25, 0.3) is 0 Å². The lowest BCUT2D eigenvalue weighted by Gasteiger charge is -2.26. The third kappa shape index (κ3) is 4.52. The SMILES string of the molecule is Cc1c(Br)cnn1C(C)C(=O)NCCCN1CCOCC1. The molecule has 6 nitrogen and oxygen atoms in total. The fourth-order valence-corrected chi connectivity index (χ4v) is 2.66. The molecule has 21 heavy (non-hydrogen) atoms. The highest BCUT2D eigenvalue weighted by atomic mass is 79.9. The van der Waals surface area contributed by atoms with E-state index in [2.05, 4.69) is 31.2 Å². The fraction of sp³-hybridized carbons (Fsp3) is 0.714. The molecular weight excluding hydrogens is 336 g/mol. The van der Waals surface area contributed by atoms with Crippen LogP contribution in [-0.2, 0) is 9.53 Å². The van der Waals surface area contributed by atoms with Crippen molar-refractivity contribution in [2.75, 3.05) is 39.4 Å². The molecule has 1 N–H and O–H groups in total. The molecule has 1 saturated heterocycles. The molecule has 0 bridgehead atoms. The molecule has 7 heteroatoms. The van der Waals surface area contributed by atoms with Gasteiger partial charge in [0.05, 0.1) is 29.6 Å². The summed E-state index contributed by atoms with van der Waals surface area (Å²) in [6, 6.07) is -0.292. The Balaban J connectivity index is 1.70. The number of hydrogen-bond donors (Lipinski definition) is 1. The van der Waals surface area contributed by atoms with Crippen molar-refractivity contribution in [3.05, 3.63) is 16.4 Å². The first kappa shape index (κ1) is 16.5. The summed E-state index contributed by atoms with van der Waals surface area (Å²) in [4.78, 5) is 14.5. The third-order valence-electron chi connectivity index (χ3n) is 3.79. The molecule has 1 atom stereocenters. The Hall–Kier alpha value is -0.920. The molecule has 0 aliphatic carbocycles. The van der Waals surface area contributed by atoms with Crippen molar-refractivity contribution in [2.24, 2.45) is 0 Å². The van der Waals surface area contributed by atoms with Gasteiger partial charge >= 0.3 is 0 Å². The van der Waals surface area contributed by atoms with Gasteiger partial charge in [-0.05, 0) is 42.7 Å². The van der Waals surface area contributed by atoms with Gasteiger partial charge in [0, 0.05) is 19.6 Å². The Kier molecular flexibility index (Phi) is 6.20. The zero-order chi connectivity index (χ0) is 15.2. The molecule has 1 fully saturated rings. The average Bonchev–Trinajstić information content (AvgIpc) is 2.83. The van der Waals surface area contributed by atoms with Gasteiger partial charge in [-0.3, -0.25) is 14.4 Å². The predicted molar refractivity (Wildman–Crippen MR) is 84.3 cm³/mol. The van der Waals surface area contributed by atoms with E-state index in [4.69, 9.17) is 4.74 Å². The van der Waals surface area contributed by atoms with E-state index < -0.39 is 0 Å². The highest BCUT2D eigenvalue weighted by Crippen LogP contribution is 2.18. The average molecular weight is 359 g/mol. The van der Waals surface area contributed by atoms with Gasteiger partial charge in [-0.1, -0.05) is 0 Å². The summed E-state index contributed by atoms with van der Waals surface area (Å²) in [6.07, 6.45) is 2.68. The van der Waals surface area contributed by atoms with Crippen molar-refractivity contribution in [3.8, 4) is 0 Å². The Labute approximate surface area is 133 Å². The number of morpholine rings is 1. The molecule has 2 rings (SSSR count). The van der Waals surface area contributed by atoms with Crippen LogP contribution in [0.1, 0.15) is 25.1 Å². The number of hydrogen-bond acceptors (Lipinski definition) is 4. The molecule has 0 spiro atoms. The number of nitrogens with zero attached hydrogens (tertiary/aromatic N) is 3. The highest BCUT2D eigenvalue weighted by Gasteiger charge is 2.18. The molecule has 1 aliphatic heterocycles. The summed E-state index contributed by atoms with van der Waals surface area (Å²) in [6.45, 7) is 9.12. The van der Waals surface area contributed by atoms with Crippen molar-refractivity contribution in [3.63, 3.8) is 0 Å². The molecule has 1 aliphatic rings. The van der Waals surface area contributed by atoms with E-state index in [1.54, 1.807) is 10.9 Å².